The van der Waals surface area contributed by atoms with Gasteiger partial charge in [-0.1, -0.05) is 0 Å². The fraction of sp³-hybridized carbons (Fsp3) is 0.667. The van der Waals surface area contributed by atoms with Crippen LogP contribution in [0.5, 0.6) is 0 Å². The van der Waals surface area contributed by atoms with E-state index in [1.165, 1.54) is 0 Å². The fourth-order valence-corrected chi connectivity index (χ4v) is 3.36. The molecule has 1 saturated heterocycles. The highest BCUT2D eigenvalue weighted by Crippen LogP contribution is 2.31. The van der Waals surface area contributed by atoms with Crippen LogP contribution in [0.3, 0.4) is 0 Å². The molecule has 1 atom stereocenters. The number of nitrogens with one attached hydrogen (secondary N) is 1. The van der Waals surface area contributed by atoms with E-state index in [0.29, 0.717) is 19.6 Å². The second-order valence-electron chi connectivity index (χ2n) is 5.98. The fourth-order valence-electron chi connectivity index (χ4n) is 2.72. The summed E-state index contributed by atoms with van der Waals surface area (Å²) in [4.78, 5) is 32.5. The summed E-state index contributed by atoms with van der Waals surface area (Å²) in [6, 6.07) is -0.150. The first-order valence-electron chi connectivity index (χ1n) is 7.89. The number of urea groups is 1. The van der Waals surface area contributed by atoms with Crippen LogP contribution in [0, 0.1) is 5.92 Å². The normalized spacial score (nSPS) is 20.4. The smallest absolute Gasteiger partial charge is 0.318 e. The number of aromatic nitrogens is 1. The number of nitrogens with zero attached hydrogens (tertiary/aromatic N) is 3. The Hall–Kier alpha value is -1.63. The molecule has 22 heavy (non-hydrogen) atoms. The van der Waals surface area contributed by atoms with Crippen LogP contribution < -0.4 is 5.32 Å². The van der Waals surface area contributed by atoms with Crippen molar-refractivity contribution in [1.82, 2.24) is 20.1 Å². The second kappa shape index (κ2) is 6.64. The molecule has 120 valence electrons. The van der Waals surface area contributed by atoms with Crippen LogP contribution in [0.25, 0.3) is 0 Å². The Kier molecular flexibility index (Phi) is 4.61. The first kappa shape index (κ1) is 15.3. The minimum Gasteiger partial charge on any atom is -0.341 e. The summed E-state index contributed by atoms with van der Waals surface area (Å²) >= 11 is 1.54. The van der Waals surface area contributed by atoms with Gasteiger partial charge in [-0.15, -0.1) is 11.3 Å². The van der Waals surface area contributed by atoms with Crippen LogP contribution in [0.1, 0.15) is 37.2 Å². The van der Waals surface area contributed by atoms with Crippen LogP contribution in [-0.2, 0) is 4.79 Å². The number of rotatable bonds is 3. The number of amides is 3. The SMILES string of the molecule is C[C@@H](NC(=O)N1CCCN(C(=O)C2CC2)CC1)c1nccs1. The Morgan fingerprint density at radius 1 is 1.27 bits per heavy atom. The van der Waals surface area contributed by atoms with Gasteiger partial charge in [0.1, 0.15) is 5.01 Å². The Morgan fingerprint density at radius 3 is 2.68 bits per heavy atom. The zero-order valence-corrected chi connectivity index (χ0v) is 13.6. The molecule has 6 nitrogen and oxygen atoms in total. The highest BCUT2D eigenvalue weighted by molar-refractivity contribution is 7.09. The van der Waals surface area contributed by atoms with Crippen molar-refractivity contribution in [1.29, 1.82) is 0 Å². The minimum absolute atomic E-state index is 0.0663. The molecule has 1 aliphatic carbocycles. The first-order chi connectivity index (χ1) is 10.6. The van der Waals surface area contributed by atoms with Crippen LogP contribution in [0.4, 0.5) is 4.79 Å². The van der Waals surface area contributed by atoms with Gasteiger partial charge in [-0.05, 0) is 26.2 Å². The average molecular weight is 322 g/mol. The van der Waals surface area contributed by atoms with Gasteiger partial charge in [0, 0.05) is 43.7 Å². The van der Waals surface area contributed by atoms with Crippen molar-refractivity contribution in [2.24, 2.45) is 5.92 Å². The van der Waals surface area contributed by atoms with E-state index in [-0.39, 0.29) is 23.9 Å². The number of carbonyl (C=O) groups is 2. The van der Waals surface area contributed by atoms with E-state index in [1.807, 2.05) is 22.1 Å². The summed E-state index contributed by atoms with van der Waals surface area (Å²) in [5.41, 5.74) is 0. The van der Waals surface area contributed by atoms with Crippen molar-refractivity contribution in [2.45, 2.75) is 32.2 Å². The number of hydrogen-bond acceptors (Lipinski definition) is 4. The van der Waals surface area contributed by atoms with Crippen molar-refractivity contribution in [2.75, 3.05) is 26.2 Å². The van der Waals surface area contributed by atoms with E-state index in [4.69, 9.17) is 0 Å². The number of thiazole rings is 1. The maximum Gasteiger partial charge on any atom is 0.318 e. The molecule has 0 bridgehead atoms. The van der Waals surface area contributed by atoms with Gasteiger partial charge in [-0.25, -0.2) is 9.78 Å². The summed E-state index contributed by atoms with van der Waals surface area (Å²) in [6.07, 6.45) is 4.66. The highest BCUT2D eigenvalue weighted by atomic mass is 32.1. The molecule has 1 saturated carbocycles. The summed E-state index contributed by atoms with van der Waals surface area (Å²) < 4.78 is 0. The molecule has 3 rings (SSSR count). The lowest BCUT2D eigenvalue weighted by molar-refractivity contribution is -0.132. The standard InChI is InChI=1S/C15H22N4O2S/c1-11(13-16-5-10-22-13)17-15(21)19-7-2-6-18(8-9-19)14(20)12-3-4-12/h5,10-12H,2-4,6-9H2,1H3,(H,17,21)/t11-/m1/s1. The van der Waals surface area contributed by atoms with Gasteiger partial charge in [-0.2, -0.15) is 0 Å². The number of carbonyl (C=O) groups excluding carboxylic acids is 2. The van der Waals surface area contributed by atoms with E-state index in [9.17, 15) is 9.59 Å². The minimum atomic E-state index is -0.0834. The Balaban J connectivity index is 1.51. The molecule has 7 heteroatoms. The summed E-state index contributed by atoms with van der Waals surface area (Å²) in [6.45, 7) is 4.66. The van der Waals surface area contributed by atoms with Gasteiger partial charge in [0.05, 0.1) is 6.04 Å². The molecule has 0 aromatic carbocycles. The monoisotopic (exact) mass is 322 g/mol. The molecule has 2 fully saturated rings. The van der Waals surface area contributed by atoms with Gasteiger partial charge in [-0.3, -0.25) is 4.79 Å². The maximum atomic E-state index is 12.4. The van der Waals surface area contributed by atoms with E-state index >= 15 is 0 Å². The van der Waals surface area contributed by atoms with Gasteiger partial charge in [0.15, 0.2) is 0 Å². The molecule has 3 amide bonds. The topological polar surface area (TPSA) is 65.5 Å². The predicted molar refractivity (Wildman–Crippen MR) is 84.6 cm³/mol. The van der Waals surface area contributed by atoms with Crippen LogP contribution in [0.15, 0.2) is 11.6 Å². The molecule has 0 unspecified atom stereocenters. The van der Waals surface area contributed by atoms with Crippen LogP contribution in [-0.4, -0.2) is 52.9 Å². The lowest BCUT2D eigenvalue weighted by atomic mass is 10.3. The predicted octanol–water partition coefficient (Wildman–Crippen LogP) is 1.86. The maximum absolute atomic E-state index is 12.4. The molecule has 2 heterocycles. The van der Waals surface area contributed by atoms with E-state index in [1.54, 1.807) is 17.5 Å². The van der Waals surface area contributed by atoms with Crippen LogP contribution >= 0.6 is 11.3 Å². The average Bonchev–Trinajstić information content (AvgIpc) is 3.27. The van der Waals surface area contributed by atoms with Crippen molar-refractivity contribution in [3.05, 3.63) is 16.6 Å². The highest BCUT2D eigenvalue weighted by Gasteiger charge is 2.34. The third-order valence-electron chi connectivity index (χ3n) is 4.18. The Bertz CT molecular complexity index is 530. The lowest BCUT2D eigenvalue weighted by Gasteiger charge is -2.23. The first-order valence-corrected chi connectivity index (χ1v) is 8.76. The molecule has 0 radical (unpaired) electrons. The van der Waals surface area contributed by atoms with Crippen molar-refractivity contribution >= 4 is 23.3 Å². The molecule has 1 N–H and O–H groups in total. The second-order valence-corrected chi connectivity index (χ2v) is 6.91. The van der Waals surface area contributed by atoms with Crippen molar-refractivity contribution in [3.8, 4) is 0 Å². The van der Waals surface area contributed by atoms with E-state index in [0.717, 1.165) is 30.8 Å². The van der Waals surface area contributed by atoms with E-state index < -0.39 is 0 Å². The van der Waals surface area contributed by atoms with Crippen molar-refractivity contribution < 1.29 is 9.59 Å². The summed E-state index contributed by atoms with van der Waals surface area (Å²) in [7, 11) is 0. The summed E-state index contributed by atoms with van der Waals surface area (Å²) in [5, 5.41) is 5.81. The van der Waals surface area contributed by atoms with Crippen molar-refractivity contribution in [3.63, 3.8) is 0 Å². The van der Waals surface area contributed by atoms with Gasteiger partial charge in [0.25, 0.3) is 0 Å². The zero-order chi connectivity index (χ0) is 15.5. The molecular formula is C15H22N4O2S. The zero-order valence-electron chi connectivity index (χ0n) is 12.8. The van der Waals surface area contributed by atoms with Gasteiger partial charge in [0.2, 0.25) is 5.91 Å². The molecule has 1 aromatic rings. The van der Waals surface area contributed by atoms with Crippen LogP contribution in [0.2, 0.25) is 0 Å². The molecular weight excluding hydrogens is 300 g/mol. The van der Waals surface area contributed by atoms with Gasteiger partial charge >= 0.3 is 6.03 Å². The lowest BCUT2D eigenvalue weighted by Crippen LogP contribution is -2.43. The Labute approximate surface area is 134 Å². The summed E-state index contributed by atoms with van der Waals surface area (Å²) in [5.74, 6) is 0.531. The number of hydrogen-bond donors (Lipinski definition) is 1. The molecule has 1 aliphatic heterocycles. The molecule has 1 aromatic heterocycles. The third kappa shape index (κ3) is 3.58. The van der Waals surface area contributed by atoms with E-state index in [2.05, 4.69) is 10.3 Å². The Morgan fingerprint density at radius 2 is 2.00 bits per heavy atom. The molecule has 0 spiro atoms. The largest absolute Gasteiger partial charge is 0.341 e. The molecule has 2 aliphatic rings. The van der Waals surface area contributed by atoms with Gasteiger partial charge < -0.3 is 15.1 Å². The third-order valence-corrected chi connectivity index (χ3v) is 5.14. The quantitative estimate of drug-likeness (QED) is 0.924.